The van der Waals surface area contributed by atoms with Crippen LogP contribution in [0.1, 0.15) is 25.0 Å². The van der Waals surface area contributed by atoms with Crippen LogP contribution < -0.4 is 0 Å². The summed E-state index contributed by atoms with van der Waals surface area (Å²) in [5.41, 5.74) is 1.75. The second-order valence-corrected chi connectivity index (χ2v) is 8.54. The van der Waals surface area contributed by atoms with Gasteiger partial charge in [0, 0.05) is 31.3 Å². The van der Waals surface area contributed by atoms with E-state index in [0.29, 0.717) is 0 Å². The van der Waals surface area contributed by atoms with Crippen LogP contribution in [-0.2, 0) is 0 Å². The highest BCUT2D eigenvalue weighted by molar-refractivity contribution is 7.17. The van der Waals surface area contributed by atoms with E-state index in [-0.39, 0.29) is 10.3 Å². The predicted molar refractivity (Wildman–Crippen MR) is 117 cm³/mol. The Labute approximate surface area is 168 Å². The number of fused-ring (bicyclic) bond motifs is 4. The van der Waals surface area contributed by atoms with Gasteiger partial charge in [-0.25, -0.2) is 0 Å². The van der Waals surface area contributed by atoms with Crippen molar-refractivity contribution < 1.29 is 8.78 Å². The third-order valence-corrected chi connectivity index (χ3v) is 6.60. The Hall–Kier alpha value is -2.92. The Kier molecular flexibility index (Phi) is 3.88. The molecule has 0 nitrogen and oxygen atoms in total. The Balaban J connectivity index is 2.10. The van der Waals surface area contributed by atoms with Crippen molar-refractivity contribution in [3.63, 3.8) is 0 Å². The van der Waals surface area contributed by atoms with Crippen molar-refractivity contribution in [2.45, 2.75) is 13.8 Å². The molecule has 0 unspecified atom stereocenters. The van der Waals surface area contributed by atoms with Crippen LogP contribution in [0.4, 0.5) is 8.78 Å². The van der Waals surface area contributed by atoms with Gasteiger partial charge >= 0.3 is 0 Å². The van der Waals surface area contributed by atoms with E-state index >= 15 is 0 Å². The second-order valence-electron chi connectivity index (χ2n) is 6.47. The molecule has 5 aromatic rings. The largest absolute Gasteiger partial charge is 0.195 e. The van der Waals surface area contributed by atoms with Gasteiger partial charge in [0.15, 0.2) is 10.3 Å². The van der Waals surface area contributed by atoms with E-state index in [0.717, 1.165) is 75.5 Å². The van der Waals surface area contributed by atoms with Crippen LogP contribution in [0.5, 0.6) is 0 Å². The number of halogens is 2. The smallest absolute Gasteiger partial charge is 0.177 e. The van der Waals surface area contributed by atoms with E-state index in [2.05, 4.69) is 23.7 Å². The fraction of sp³-hybridized carbons (Fsp3) is 0.0833. The molecular formula is C24H12F2S2. The number of rotatable bonds is 0. The lowest BCUT2D eigenvalue weighted by Crippen LogP contribution is -1.90. The van der Waals surface area contributed by atoms with Crippen LogP contribution in [-0.4, -0.2) is 0 Å². The monoisotopic (exact) mass is 402 g/mol. The molecule has 0 fully saturated rings. The second kappa shape index (κ2) is 6.31. The fourth-order valence-electron chi connectivity index (χ4n) is 3.75. The third kappa shape index (κ3) is 2.50. The molecule has 134 valence electrons. The third-order valence-electron chi connectivity index (χ3n) is 4.83. The van der Waals surface area contributed by atoms with Gasteiger partial charge in [-0.3, -0.25) is 0 Å². The maximum atomic E-state index is 13.9. The molecule has 0 bridgehead atoms. The van der Waals surface area contributed by atoms with Crippen molar-refractivity contribution in [3.8, 4) is 23.7 Å². The summed E-state index contributed by atoms with van der Waals surface area (Å²) in [5.74, 6) is 12.5. The number of hydrogen-bond donors (Lipinski definition) is 0. The van der Waals surface area contributed by atoms with Crippen molar-refractivity contribution in [3.05, 3.63) is 57.8 Å². The summed E-state index contributed by atoms with van der Waals surface area (Å²) in [6.07, 6.45) is 0. The number of benzene rings is 3. The molecule has 4 heteroatoms. The molecule has 28 heavy (non-hydrogen) atoms. The molecule has 0 radical (unpaired) electrons. The summed E-state index contributed by atoms with van der Waals surface area (Å²) in [6, 6.07) is 11.1. The average molecular weight is 402 g/mol. The molecular weight excluding hydrogens is 390 g/mol. The molecule has 3 aromatic carbocycles. The normalized spacial score (nSPS) is 11.0. The van der Waals surface area contributed by atoms with E-state index in [4.69, 9.17) is 0 Å². The molecule has 0 aliphatic carbocycles. The van der Waals surface area contributed by atoms with Crippen molar-refractivity contribution in [1.29, 1.82) is 0 Å². The summed E-state index contributed by atoms with van der Waals surface area (Å²) in [5, 5.41) is 5.07. The van der Waals surface area contributed by atoms with Gasteiger partial charge in [0.05, 0.1) is 0 Å². The van der Waals surface area contributed by atoms with Crippen LogP contribution in [0.25, 0.3) is 41.7 Å². The van der Waals surface area contributed by atoms with Crippen molar-refractivity contribution >= 4 is 64.4 Å². The quantitative estimate of drug-likeness (QED) is 0.186. The van der Waals surface area contributed by atoms with Crippen LogP contribution in [0.15, 0.2) is 36.4 Å². The molecule has 0 aliphatic heterocycles. The minimum absolute atomic E-state index is 0.211. The molecule has 2 heterocycles. The van der Waals surface area contributed by atoms with Gasteiger partial charge in [-0.15, -0.1) is 34.5 Å². The van der Waals surface area contributed by atoms with Gasteiger partial charge < -0.3 is 0 Å². The zero-order valence-electron chi connectivity index (χ0n) is 15.0. The molecule has 0 N–H and O–H groups in total. The summed E-state index contributed by atoms with van der Waals surface area (Å²) < 4.78 is 29.5. The average Bonchev–Trinajstić information content (AvgIpc) is 3.21. The van der Waals surface area contributed by atoms with Crippen molar-refractivity contribution in [1.82, 2.24) is 0 Å². The van der Waals surface area contributed by atoms with Crippen molar-refractivity contribution in [2.24, 2.45) is 0 Å². The van der Waals surface area contributed by atoms with Gasteiger partial charge in [-0.1, -0.05) is 11.8 Å². The number of thiophene rings is 2. The fourth-order valence-corrected chi connectivity index (χ4v) is 5.36. The van der Waals surface area contributed by atoms with E-state index in [1.54, 1.807) is 26.0 Å². The zero-order chi connectivity index (χ0) is 19.4. The summed E-state index contributed by atoms with van der Waals surface area (Å²) >= 11 is 2.25. The van der Waals surface area contributed by atoms with Crippen molar-refractivity contribution in [2.75, 3.05) is 0 Å². The number of hydrogen-bond acceptors (Lipinski definition) is 2. The van der Waals surface area contributed by atoms with E-state index in [9.17, 15) is 8.78 Å². The van der Waals surface area contributed by atoms with E-state index in [1.807, 2.05) is 24.3 Å². The van der Waals surface area contributed by atoms with Gasteiger partial charge in [0.25, 0.3) is 0 Å². The van der Waals surface area contributed by atoms with Gasteiger partial charge in [0.1, 0.15) is 0 Å². The van der Waals surface area contributed by atoms with Crippen LogP contribution >= 0.6 is 22.7 Å². The summed E-state index contributed by atoms with van der Waals surface area (Å²) in [7, 11) is 0. The first-order chi connectivity index (χ1) is 13.6. The lowest BCUT2D eigenvalue weighted by Gasteiger charge is -2.12. The predicted octanol–water partition coefficient (Wildman–Crippen LogP) is 7.44. The highest BCUT2D eigenvalue weighted by atomic mass is 32.1. The highest BCUT2D eigenvalue weighted by Gasteiger charge is 2.16. The lowest BCUT2D eigenvalue weighted by atomic mass is 9.91. The van der Waals surface area contributed by atoms with Crippen LogP contribution in [0.2, 0.25) is 0 Å². The van der Waals surface area contributed by atoms with Crippen LogP contribution in [0.3, 0.4) is 0 Å². The maximum Gasteiger partial charge on any atom is 0.177 e. The Bertz CT molecular complexity index is 1350. The topological polar surface area (TPSA) is 0 Å². The zero-order valence-corrected chi connectivity index (χ0v) is 16.7. The van der Waals surface area contributed by atoms with Gasteiger partial charge in [0.2, 0.25) is 0 Å². The maximum absolute atomic E-state index is 13.9. The molecule has 0 saturated carbocycles. The standard InChI is InChI=1S/C24H12F2S2/c1-3-5-15-17-7-13-9-23(25)28-22(13)12-20(17)16(6-4-2)18-8-14-10-24(26)27-21(14)11-19(15)18/h7-12H,1-2H3. The Morgan fingerprint density at radius 3 is 1.39 bits per heavy atom. The summed E-state index contributed by atoms with van der Waals surface area (Å²) in [6.45, 7) is 3.59. The SMILES string of the molecule is CC#Cc1c2cc3cc(F)sc3cc2c(C#CC)c2cc3cc(F)sc3cc12. The highest BCUT2D eigenvalue weighted by Crippen LogP contribution is 2.39. The molecule has 2 aromatic heterocycles. The van der Waals surface area contributed by atoms with E-state index in [1.165, 1.54) is 0 Å². The Morgan fingerprint density at radius 1 is 0.607 bits per heavy atom. The molecule has 5 rings (SSSR count). The molecule has 0 saturated heterocycles. The van der Waals surface area contributed by atoms with E-state index < -0.39 is 0 Å². The minimum atomic E-state index is -0.211. The molecule has 0 atom stereocenters. The molecule has 0 amide bonds. The molecule has 0 aliphatic rings. The molecule has 0 spiro atoms. The van der Waals surface area contributed by atoms with Gasteiger partial charge in [-0.2, -0.15) is 8.78 Å². The minimum Gasteiger partial charge on any atom is -0.195 e. The van der Waals surface area contributed by atoms with Gasteiger partial charge in [-0.05, 0) is 71.8 Å². The first-order valence-electron chi connectivity index (χ1n) is 8.66. The lowest BCUT2D eigenvalue weighted by molar-refractivity contribution is 0.658. The van der Waals surface area contributed by atoms with Crippen LogP contribution in [0, 0.1) is 33.9 Å². The first kappa shape index (κ1) is 17.2. The summed E-state index contributed by atoms with van der Waals surface area (Å²) in [4.78, 5) is 0. The Morgan fingerprint density at radius 2 is 1.00 bits per heavy atom. The first-order valence-corrected chi connectivity index (χ1v) is 10.3.